The molecule has 0 bridgehead atoms. The number of anilines is 1. The van der Waals surface area contributed by atoms with Crippen LogP contribution in [0.3, 0.4) is 0 Å². The molecule has 0 aliphatic heterocycles. The number of carbonyl (C=O) groups excluding carboxylic acids is 1. The van der Waals surface area contributed by atoms with Crippen LogP contribution in [0.2, 0.25) is 0 Å². The highest BCUT2D eigenvalue weighted by Crippen LogP contribution is 2.17. The predicted octanol–water partition coefficient (Wildman–Crippen LogP) is 2.56. The molecule has 0 spiro atoms. The topological polar surface area (TPSA) is 64.7 Å². The van der Waals surface area contributed by atoms with Gasteiger partial charge in [0.25, 0.3) is 0 Å². The van der Waals surface area contributed by atoms with Gasteiger partial charge in [0.1, 0.15) is 0 Å². The number of nitrogens with one attached hydrogen (secondary N) is 1. The van der Waals surface area contributed by atoms with Crippen molar-refractivity contribution in [3.05, 3.63) is 41.1 Å². The van der Waals surface area contributed by atoms with Gasteiger partial charge in [-0.3, -0.25) is 14.8 Å². The van der Waals surface area contributed by atoms with Crippen molar-refractivity contribution >= 4 is 38.8 Å². The van der Waals surface area contributed by atoms with E-state index >= 15 is 0 Å². The maximum atomic E-state index is 12.0. The Morgan fingerprint density at radius 3 is 2.90 bits per heavy atom. The summed E-state index contributed by atoms with van der Waals surface area (Å²) in [6.07, 6.45) is 3.88. The molecule has 1 amide bonds. The Hall–Kier alpha value is -2.15. The lowest BCUT2D eigenvalue weighted by atomic mass is 10.3. The van der Waals surface area contributed by atoms with E-state index in [1.165, 1.54) is 0 Å². The molecular formula is C14H14BrN5O. The third-order valence-electron chi connectivity index (χ3n) is 3.21. The second kappa shape index (κ2) is 5.69. The molecule has 0 radical (unpaired) electrons. The van der Waals surface area contributed by atoms with Crippen molar-refractivity contribution in [3.63, 3.8) is 0 Å². The fourth-order valence-corrected chi connectivity index (χ4v) is 2.45. The van der Waals surface area contributed by atoms with E-state index in [1.807, 2.05) is 42.1 Å². The highest BCUT2D eigenvalue weighted by molar-refractivity contribution is 9.10. The lowest BCUT2D eigenvalue weighted by molar-refractivity contribution is -0.116. The number of halogens is 1. The molecule has 0 saturated heterocycles. The Balaban J connectivity index is 1.67. The van der Waals surface area contributed by atoms with Gasteiger partial charge in [-0.25, -0.2) is 4.98 Å². The smallest absolute Gasteiger partial charge is 0.228 e. The van der Waals surface area contributed by atoms with Gasteiger partial charge in [-0.2, -0.15) is 5.10 Å². The van der Waals surface area contributed by atoms with Crippen molar-refractivity contribution in [2.45, 2.75) is 13.0 Å². The first-order valence-corrected chi connectivity index (χ1v) is 7.32. The molecular weight excluding hydrogens is 334 g/mol. The van der Waals surface area contributed by atoms with E-state index in [4.69, 9.17) is 0 Å². The molecule has 0 atom stereocenters. The number of fused-ring (bicyclic) bond motifs is 1. The normalized spacial score (nSPS) is 11.0. The summed E-state index contributed by atoms with van der Waals surface area (Å²) in [5, 5.41) is 6.95. The van der Waals surface area contributed by atoms with E-state index in [2.05, 4.69) is 31.3 Å². The van der Waals surface area contributed by atoms with Crippen LogP contribution in [0.4, 0.5) is 5.95 Å². The second-order valence-corrected chi connectivity index (χ2v) is 5.62. The number of amides is 1. The monoisotopic (exact) mass is 347 g/mol. The van der Waals surface area contributed by atoms with Gasteiger partial charge in [0.2, 0.25) is 11.9 Å². The summed E-state index contributed by atoms with van der Waals surface area (Å²) in [5.41, 5.74) is 1.86. The first kappa shape index (κ1) is 13.8. The van der Waals surface area contributed by atoms with Crippen LogP contribution in [-0.4, -0.2) is 25.2 Å². The number of carbonyl (C=O) groups is 1. The fraction of sp³-hybridized carbons (Fsp3) is 0.214. The minimum Gasteiger partial charge on any atom is -0.313 e. The van der Waals surface area contributed by atoms with Crippen molar-refractivity contribution in [1.29, 1.82) is 0 Å². The average Bonchev–Trinajstić information content (AvgIpc) is 3.02. The Morgan fingerprint density at radius 1 is 1.38 bits per heavy atom. The van der Waals surface area contributed by atoms with Gasteiger partial charge >= 0.3 is 0 Å². The molecule has 0 saturated carbocycles. The summed E-state index contributed by atoms with van der Waals surface area (Å²) in [6.45, 7) is 0.529. The van der Waals surface area contributed by atoms with Crippen molar-refractivity contribution in [2.24, 2.45) is 7.05 Å². The Labute approximate surface area is 129 Å². The first-order chi connectivity index (χ1) is 10.1. The summed E-state index contributed by atoms with van der Waals surface area (Å²) in [5.74, 6) is 0.475. The summed E-state index contributed by atoms with van der Waals surface area (Å²) in [7, 11) is 1.88. The lowest BCUT2D eigenvalue weighted by Gasteiger charge is -2.05. The SMILES string of the molecule is Cn1c(NC(=O)CCn2cc(Br)cn2)nc2ccccc21. The molecule has 1 aromatic carbocycles. The van der Waals surface area contributed by atoms with E-state index < -0.39 is 0 Å². The summed E-state index contributed by atoms with van der Waals surface area (Å²) < 4.78 is 4.49. The van der Waals surface area contributed by atoms with E-state index in [9.17, 15) is 4.79 Å². The summed E-state index contributed by atoms with van der Waals surface area (Å²) in [6, 6.07) is 7.77. The molecule has 2 aromatic heterocycles. The molecule has 3 aromatic rings. The van der Waals surface area contributed by atoms with Gasteiger partial charge in [0, 0.05) is 26.2 Å². The minimum absolute atomic E-state index is 0.0833. The molecule has 6 nitrogen and oxygen atoms in total. The highest BCUT2D eigenvalue weighted by Gasteiger charge is 2.10. The molecule has 1 N–H and O–H groups in total. The number of hydrogen-bond acceptors (Lipinski definition) is 3. The number of aromatic nitrogens is 4. The Morgan fingerprint density at radius 2 is 2.19 bits per heavy atom. The van der Waals surface area contributed by atoms with Crippen molar-refractivity contribution in [1.82, 2.24) is 19.3 Å². The zero-order valence-corrected chi connectivity index (χ0v) is 13.0. The van der Waals surface area contributed by atoms with Crippen molar-refractivity contribution < 1.29 is 4.79 Å². The molecule has 0 aliphatic carbocycles. The molecule has 2 heterocycles. The quantitative estimate of drug-likeness (QED) is 0.788. The van der Waals surface area contributed by atoms with Gasteiger partial charge in [-0.1, -0.05) is 12.1 Å². The summed E-state index contributed by atoms with van der Waals surface area (Å²) in [4.78, 5) is 16.4. The molecule has 21 heavy (non-hydrogen) atoms. The third kappa shape index (κ3) is 2.97. The summed E-state index contributed by atoms with van der Waals surface area (Å²) >= 11 is 3.32. The standard InChI is InChI=1S/C14H14BrN5O/c1-19-12-5-3-2-4-11(12)17-14(19)18-13(21)6-7-20-9-10(15)8-16-20/h2-5,8-9H,6-7H2,1H3,(H,17,18,21). The van der Waals surface area contributed by atoms with E-state index in [-0.39, 0.29) is 5.91 Å². The van der Waals surface area contributed by atoms with Gasteiger partial charge in [-0.15, -0.1) is 0 Å². The lowest BCUT2D eigenvalue weighted by Crippen LogP contribution is -2.17. The van der Waals surface area contributed by atoms with Crippen LogP contribution >= 0.6 is 15.9 Å². The van der Waals surface area contributed by atoms with Gasteiger partial charge in [0.15, 0.2) is 0 Å². The molecule has 108 valence electrons. The third-order valence-corrected chi connectivity index (χ3v) is 3.62. The minimum atomic E-state index is -0.0833. The van der Waals surface area contributed by atoms with Crippen molar-refractivity contribution in [2.75, 3.05) is 5.32 Å². The fourth-order valence-electron chi connectivity index (χ4n) is 2.12. The van der Waals surface area contributed by atoms with E-state index in [0.29, 0.717) is 18.9 Å². The zero-order chi connectivity index (χ0) is 14.8. The maximum Gasteiger partial charge on any atom is 0.228 e. The van der Waals surface area contributed by atoms with Gasteiger partial charge in [-0.05, 0) is 28.1 Å². The number of benzene rings is 1. The number of rotatable bonds is 4. The van der Waals surface area contributed by atoms with Gasteiger partial charge < -0.3 is 4.57 Å². The maximum absolute atomic E-state index is 12.0. The van der Waals surface area contributed by atoms with Crippen LogP contribution in [0, 0.1) is 0 Å². The Kier molecular flexibility index (Phi) is 3.74. The van der Waals surface area contributed by atoms with Gasteiger partial charge in [0.05, 0.1) is 21.7 Å². The molecule has 0 unspecified atom stereocenters. The largest absolute Gasteiger partial charge is 0.313 e. The van der Waals surface area contributed by atoms with Crippen LogP contribution in [0.15, 0.2) is 41.1 Å². The molecule has 0 aliphatic rings. The zero-order valence-electron chi connectivity index (χ0n) is 11.5. The molecule has 7 heteroatoms. The van der Waals surface area contributed by atoms with Crippen LogP contribution < -0.4 is 5.32 Å². The second-order valence-electron chi connectivity index (χ2n) is 4.70. The molecule has 3 rings (SSSR count). The predicted molar refractivity (Wildman–Crippen MR) is 83.9 cm³/mol. The van der Waals surface area contributed by atoms with Crippen LogP contribution in [0.25, 0.3) is 11.0 Å². The van der Waals surface area contributed by atoms with Crippen LogP contribution in [0.5, 0.6) is 0 Å². The van der Waals surface area contributed by atoms with E-state index in [0.717, 1.165) is 15.5 Å². The number of aryl methyl sites for hydroxylation is 2. The Bertz CT molecular complexity index is 792. The number of hydrogen-bond donors (Lipinski definition) is 1. The molecule has 0 fully saturated rings. The number of nitrogens with zero attached hydrogens (tertiary/aromatic N) is 4. The average molecular weight is 348 g/mol. The number of imidazole rings is 1. The highest BCUT2D eigenvalue weighted by atomic mass is 79.9. The van der Waals surface area contributed by atoms with Crippen LogP contribution in [0.1, 0.15) is 6.42 Å². The van der Waals surface area contributed by atoms with Crippen LogP contribution in [-0.2, 0) is 18.4 Å². The van der Waals surface area contributed by atoms with Crippen molar-refractivity contribution in [3.8, 4) is 0 Å². The number of para-hydroxylation sites is 2. The first-order valence-electron chi connectivity index (χ1n) is 6.53. The van der Waals surface area contributed by atoms with E-state index in [1.54, 1.807) is 10.9 Å².